The highest BCUT2D eigenvalue weighted by Crippen LogP contribution is 2.29. The molecule has 1 aromatic carbocycles. The Morgan fingerprint density at radius 1 is 1.20 bits per heavy atom. The zero-order chi connectivity index (χ0) is 10.8. The van der Waals surface area contributed by atoms with E-state index in [4.69, 9.17) is 0 Å². The van der Waals surface area contributed by atoms with Crippen LogP contribution in [0.25, 0.3) is 11.3 Å². The predicted octanol–water partition coefficient (Wildman–Crippen LogP) is 3.51. The molecule has 0 fully saturated rings. The first-order chi connectivity index (χ1) is 7.20. The Hall–Kier alpha value is -1.57. The van der Waals surface area contributed by atoms with Crippen LogP contribution in [0.3, 0.4) is 0 Å². The van der Waals surface area contributed by atoms with Gasteiger partial charge < -0.3 is 0 Å². The van der Waals surface area contributed by atoms with Crippen LogP contribution >= 0.6 is 0 Å². The largest absolute Gasteiger partial charge is 0.278 e. The molecule has 0 atom stereocenters. The third-order valence-corrected chi connectivity index (χ3v) is 2.68. The number of aryl methyl sites for hydroxylation is 1. The van der Waals surface area contributed by atoms with E-state index in [-0.39, 0.29) is 0 Å². The van der Waals surface area contributed by atoms with Gasteiger partial charge in [-0.15, -0.1) is 0 Å². The molecule has 0 spiro atoms. The second-order valence-corrected chi connectivity index (χ2v) is 4.17. The molecule has 1 N–H and O–H groups in total. The van der Waals surface area contributed by atoms with E-state index in [1.54, 1.807) is 0 Å². The van der Waals surface area contributed by atoms with Crippen molar-refractivity contribution in [3.8, 4) is 11.3 Å². The maximum absolute atomic E-state index is 4.07. The average Bonchev–Trinajstić information content (AvgIpc) is 2.64. The first kappa shape index (κ1) is 9.97. The Balaban J connectivity index is 2.58. The van der Waals surface area contributed by atoms with Crippen LogP contribution in [0.5, 0.6) is 0 Å². The Kier molecular flexibility index (Phi) is 2.58. The fourth-order valence-corrected chi connectivity index (χ4v) is 1.85. The lowest BCUT2D eigenvalue weighted by atomic mass is 9.94. The van der Waals surface area contributed by atoms with Gasteiger partial charge >= 0.3 is 0 Å². The van der Waals surface area contributed by atoms with Crippen molar-refractivity contribution in [3.63, 3.8) is 0 Å². The average molecular weight is 200 g/mol. The smallest absolute Gasteiger partial charge is 0.0682 e. The van der Waals surface area contributed by atoms with Crippen LogP contribution in [0.15, 0.2) is 30.5 Å². The summed E-state index contributed by atoms with van der Waals surface area (Å²) in [7, 11) is 0. The van der Waals surface area contributed by atoms with Crippen LogP contribution in [0, 0.1) is 6.92 Å². The van der Waals surface area contributed by atoms with E-state index in [0.29, 0.717) is 5.92 Å². The standard InChI is InChI=1S/C13H16N2/c1-9(2)11-6-4-5-7-12(11)13-10(3)8-14-15-13/h4-9H,1-3H3,(H,14,15). The van der Waals surface area contributed by atoms with Crippen molar-refractivity contribution in [2.45, 2.75) is 26.7 Å². The molecule has 0 saturated heterocycles. The number of hydrogen-bond donors (Lipinski definition) is 1. The fourth-order valence-electron chi connectivity index (χ4n) is 1.85. The van der Waals surface area contributed by atoms with E-state index < -0.39 is 0 Å². The normalized spacial score (nSPS) is 10.9. The first-order valence-corrected chi connectivity index (χ1v) is 5.29. The SMILES string of the molecule is Cc1cn[nH]c1-c1ccccc1C(C)C. The van der Waals surface area contributed by atoms with Gasteiger partial charge in [0.05, 0.1) is 11.9 Å². The molecule has 78 valence electrons. The summed E-state index contributed by atoms with van der Waals surface area (Å²) in [5, 5.41) is 7.14. The molecule has 1 aromatic heterocycles. The minimum Gasteiger partial charge on any atom is -0.278 e. The van der Waals surface area contributed by atoms with E-state index in [2.05, 4.69) is 55.2 Å². The number of aromatic nitrogens is 2. The minimum absolute atomic E-state index is 0.531. The molecular formula is C13H16N2. The molecule has 0 aliphatic carbocycles. The van der Waals surface area contributed by atoms with Gasteiger partial charge in [-0.05, 0) is 24.0 Å². The van der Waals surface area contributed by atoms with Crippen molar-refractivity contribution in [2.75, 3.05) is 0 Å². The van der Waals surface area contributed by atoms with Crippen LogP contribution in [0.4, 0.5) is 0 Å². The molecule has 0 bridgehead atoms. The summed E-state index contributed by atoms with van der Waals surface area (Å²) in [5.41, 5.74) is 4.97. The Morgan fingerprint density at radius 3 is 2.53 bits per heavy atom. The van der Waals surface area contributed by atoms with Gasteiger partial charge in [0, 0.05) is 5.56 Å². The second-order valence-electron chi connectivity index (χ2n) is 4.17. The number of nitrogens with zero attached hydrogens (tertiary/aromatic N) is 1. The van der Waals surface area contributed by atoms with Gasteiger partial charge in [-0.25, -0.2) is 0 Å². The summed E-state index contributed by atoms with van der Waals surface area (Å²) in [5.74, 6) is 0.531. The van der Waals surface area contributed by atoms with E-state index in [1.807, 2.05) is 6.20 Å². The van der Waals surface area contributed by atoms with E-state index >= 15 is 0 Å². The topological polar surface area (TPSA) is 28.7 Å². The second kappa shape index (κ2) is 3.89. The van der Waals surface area contributed by atoms with Crippen molar-refractivity contribution in [1.82, 2.24) is 10.2 Å². The molecule has 0 saturated carbocycles. The van der Waals surface area contributed by atoms with Crippen molar-refractivity contribution >= 4 is 0 Å². The summed E-state index contributed by atoms with van der Waals surface area (Å²) < 4.78 is 0. The van der Waals surface area contributed by atoms with Crippen LogP contribution in [0.1, 0.15) is 30.9 Å². The summed E-state index contributed by atoms with van der Waals surface area (Å²) in [6.07, 6.45) is 1.87. The molecule has 0 aliphatic heterocycles. The molecule has 0 radical (unpaired) electrons. The number of rotatable bonds is 2. The molecular weight excluding hydrogens is 184 g/mol. The van der Waals surface area contributed by atoms with Crippen LogP contribution in [-0.2, 0) is 0 Å². The summed E-state index contributed by atoms with van der Waals surface area (Å²) in [6, 6.07) is 8.49. The summed E-state index contributed by atoms with van der Waals surface area (Å²) in [4.78, 5) is 0. The third kappa shape index (κ3) is 1.80. The van der Waals surface area contributed by atoms with Gasteiger partial charge in [-0.1, -0.05) is 38.1 Å². The summed E-state index contributed by atoms with van der Waals surface area (Å²) in [6.45, 7) is 6.50. The van der Waals surface area contributed by atoms with Gasteiger partial charge in [0.1, 0.15) is 0 Å². The quantitative estimate of drug-likeness (QED) is 0.789. The van der Waals surface area contributed by atoms with Gasteiger partial charge in [-0.3, -0.25) is 5.10 Å². The van der Waals surface area contributed by atoms with Crippen molar-refractivity contribution in [3.05, 3.63) is 41.6 Å². The monoisotopic (exact) mass is 200 g/mol. The lowest BCUT2D eigenvalue weighted by molar-refractivity contribution is 0.867. The zero-order valence-corrected chi connectivity index (χ0v) is 9.41. The Morgan fingerprint density at radius 2 is 1.93 bits per heavy atom. The number of H-pyrrole nitrogens is 1. The molecule has 0 aliphatic rings. The molecule has 2 heteroatoms. The van der Waals surface area contributed by atoms with E-state index in [1.165, 1.54) is 16.7 Å². The molecule has 0 amide bonds. The first-order valence-electron chi connectivity index (χ1n) is 5.29. The number of nitrogens with one attached hydrogen (secondary N) is 1. The van der Waals surface area contributed by atoms with Crippen LogP contribution < -0.4 is 0 Å². The van der Waals surface area contributed by atoms with E-state index in [9.17, 15) is 0 Å². The highest BCUT2D eigenvalue weighted by Gasteiger charge is 2.10. The molecule has 2 nitrogen and oxygen atoms in total. The Bertz CT molecular complexity index is 455. The molecule has 15 heavy (non-hydrogen) atoms. The van der Waals surface area contributed by atoms with Crippen molar-refractivity contribution in [1.29, 1.82) is 0 Å². The van der Waals surface area contributed by atoms with Gasteiger partial charge in [0.25, 0.3) is 0 Å². The van der Waals surface area contributed by atoms with E-state index in [0.717, 1.165) is 5.69 Å². The maximum atomic E-state index is 4.07. The van der Waals surface area contributed by atoms with Crippen molar-refractivity contribution in [2.24, 2.45) is 0 Å². The molecule has 0 unspecified atom stereocenters. The fraction of sp³-hybridized carbons (Fsp3) is 0.308. The maximum Gasteiger partial charge on any atom is 0.0682 e. The van der Waals surface area contributed by atoms with Gasteiger partial charge in [0.15, 0.2) is 0 Å². The van der Waals surface area contributed by atoms with Crippen LogP contribution in [0.2, 0.25) is 0 Å². The minimum atomic E-state index is 0.531. The van der Waals surface area contributed by atoms with Gasteiger partial charge in [0.2, 0.25) is 0 Å². The number of aromatic amines is 1. The van der Waals surface area contributed by atoms with Crippen molar-refractivity contribution < 1.29 is 0 Å². The molecule has 2 aromatic rings. The summed E-state index contributed by atoms with van der Waals surface area (Å²) >= 11 is 0. The Labute approximate surface area is 90.3 Å². The lowest BCUT2D eigenvalue weighted by Crippen LogP contribution is -1.93. The highest BCUT2D eigenvalue weighted by molar-refractivity contribution is 5.66. The highest BCUT2D eigenvalue weighted by atomic mass is 15.1. The number of hydrogen-bond acceptors (Lipinski definition) is 1. The lowest BCUT2D eigenvalue weighted by Gasteiger charge is -2.11. The van der Waals surface area contributed by atoms with Gasteiger partial charge in [-0.2, -0.15) is 5.10 Å². The molecule has 2 rings (SSSR count). The predicted molar refractivity (Wildman–Crippen MR) is 62.8 cm³/mol. The third-order valence-electron chi connectivity index (χ3n) is 2.68. The number of benzene rings is 1. The zero-order valence-electron chi connectivity index (χ0n) is 9.41. The van der Waals surface area contributed by atoms with Crippen LogP contribution in [-0.4, -0.2) is 10.2 Å². The molecule has 1 heterocycles.